The predicted octanol–water partition coefficient (Wildman–Crippen LogP) is 3.65. The van der Waals surface area contributed by atoms with E-state index in [0.717, 1.165) is 4.90 Å². The zero-order chi connectivity index (χ0) is 19.8. The van der Waals surface area contributed by atoms with E-state index in [-0.39, 0.29) is 11.1 Å². The number of carbonyl (C=O) groups is 3. The number of halogens is 1. The van der Waals surface area contributed by atoms with Crippen molar-refractivity contribution in [2.75, 3.05) is 0 Å². The fraction of sp³-hybridized carbons (Fsp3) is 0.250. The van der Waals surface area contributed by atoms with Crippen molar-refractivity contribution >= 4 is 17.9 Å². The molecule has 0 radical (unpaired) electrons. The Labute approximate surface area is 155 Å². The van der Waals surface area contributed by atoms with Crippen molar-refractivity contribution < 1.29 is 23.5 Å². The number of nitrogens with one attached hydrogen (secondary N) is 1. The summed E-state index contributed by atoms with van der Waals surface area (Å²) >= 11 is 0. The lowest BCUT2D eigenvalue weighted by molar-refractivity contribution is 0.0385. The van der Waals surface area contributed by atoms with Crippen LogP contribution < -0.4 is 5.32 Å². The lowest BCUT2D eigenvalue weighted by Gasteiger charge is -2.29. The van der Waals surface area contributed by atoms with E-state index in [2.05, 4.69) is 5.32 Å². The topological polar surface area (TPSA) is 75.7 Å². The Balaban J connectivity index is 1.98. The molecule has 1 atom stereocenters. The van der Waals surface area contributed by atoms with Gasteiger partial charge < -0.3 is 4.74 Å². The summed E-state index contributed by atoms with van der Waals surface area (Å²) in [7, 11) is 0. The van der Waals surface area contributed by atoms with Crippen molar-refractivity contribution in [2.45, 2.75) is 32.5 Å². The SMILES string of the molecule is CC(C)(C)OC(=O)N[C@H](c1ccc(F)cc1)N1C(=O)c2ccccc2C1=O. The van der Waals surface area contributed by atoms with Gasteiger partial charge in [-0.1, -0.05) is 24.3 Å². The Bertz CT molecular complexity index is 868. The van der Waals surface area contributed by atoms with Crippen LogP contribution in [0.1, 0.15) is 53.2 Å². The standard InChI is InChI=1S/C20H19FN2O4/c1-20(2,3)27-19(26)22-16(12-8-10-13(21)11-9-12)23-17(24)14-6-4-5-7-15(14)18(23)25/h4-11,16H,1-3H3,(H,22,26)/t16-/m0/s1. The molecule has 0 spiro atoms. The maximum absolute atomic E-state index is 13.3. The van der Waals surface area contributed by atoms with Gasteiger partial charge in [0.1, 0.15) is 17.6 Å². The third kappa shape index (κ3) is 3.81. The van der Waals surface area contributed by atoms with Gasteiger partial charge in [-0.2, -0.15) is 0 Å². The minimum Gasteiger partial charge on any atom is -0.444 e. The Morgan fingerprint density at radius 2 is 1.52 bits per heavy atom. The van der Waals surface area contributed by atoms with Crippen molar-refractivity contribution in [1.82, 2.24) is 10.2 Å². The molecule has 27 heavy (non-hydrogen) atoms. The van der Waals surface area contributed by atoms with E-state index in [4.69, 9.17) is 4.74 Å². The first-order valence-corrected chi connectivity index (χ1v) is 8.39. The number of imide groups is 1. The van der Waals surface area contributed by atoms with Crippen LogP contribution in [0, 0.1) is 5.82 Å². The number of nitrogens with zero attached hydrogens (tertiary/aromatic N) is 1. The highest BCUT2D eigenvalue weighted by Gasteiger charge is 2.41. The van der Waals surface area contributed by atoms with Crippen LogP contribution in [0.25, 0.3) is 0 Å². The molecule has 0 saturated carbocycles. The summed E-state index contributed by atoms with van der Waals surface area (Å²) in [6.07, 6.45) is -1.93. The molecule has 1 heterocycles. The smallest absolute Gasteiger partial charge is 0.409 e. The summed E-state index contributed by atoms with van der Waals surface area (Å²) in [4.78, 5) is 38.8. The molecule has 140 valence electrons. The van der Waals surface area contributed by atoms with Gasteiger partial charge in [0.05, 0.1) is 11.1 Å². The highest BCUT2D eigenvalue weighted by Crippen LogP contribution is 2.30. The van der Waals surface area contributed by atoms with E-state index < -0.39 is 35.5 Å². The Hall–Kier alpha value is -3.22. The maximum atomic E-state index is 13.3. The molecule has 0 bridgehead atoms. The fourth-order valence-electron chi connectivity index (χ4n) is 2.80. The molecule has 0 aromatic heterocycles. The Morgan fingerprint density at radius 1 is 1.00 bits per heavy atom. The van der Waals surface area contributed by atoms with Gasteiger partial charge in [-0.25, -0.2) is 14.1 Å². The average Bonchev–Trinajstić information content (AvgIpc) is 2.84. The summed E-state index contributed by atoms with van der Waals surface area (Å²) in [5, 5.41) is 2.55. The summed E-state index contributed by atoms with van der Waals surface area (Å²) in [5.41, 5.74) is 0.109. The lowest BCUT2D eigenvalue weighted by Crippen LogP contribution is -2.45. The number of carbonyl (C=O) groups excluding carboxylic acids is 3. The lowest BCUT2D eigenvalue weighted by atomic mass is 10.1. The van der Waals surface area contributed by atoms with Gasteiger partial charge in [-0.05, 0) is 50.6 Å². The van der Waals surface area contributed by atoms with Crippen molar-refractivity contribution in [2.24, 2.45) is 0 Å². The van der Waals surface area contributed by atoms with E-state index in [1.807, 2.05) is 0 Å². The molecule has 0 aliphatic carbocycles. The highest BCUT2D eigenvalue weighted by molar-refractivity contribution is 6.21. The first-order chi connectivity index (χ1) is 12.7. The number of alkyl carbamates (subject to hydrolysis) is 1. The summed E-state index contributed by atoms with van der Waals surface area (Å²) < 4.78 is 18.6. The van der Waals surface area contributed by atoms with E-state index in [9.17, 15) is 18.8 Å². The van der Waals surface area contributed by atoms with Gasteiger partial charge in [0.15, 0.2) is 0 Å². The molecule has 3 rings (SSSR count). The number of rotatable bonds is 3. The molecule has 0 saturated heterocycles. The Morgan fingerprint density at radius 3 is 2.00 bits per heavy atom. The molecule has 7 heteroatoms. The predicted molar refractivity (Wildman–Crippen MR) is 95.5 cm³/mol. The largest absolute Gasteiger partial charge is 0.444 e. The number of hydrogen-bond acceptors (Lipinski definition) is 4. The number of ether oxygens (including phenoxy) is 1. The summed E-state index contributed by atoms with van der Waals surface area (Å²) in [5.74, 6) is -1.56. The van der Waals surface area contributed by atoms with E-state index in [1.165, 1.54) is 24.3 Å². The molecular weight excluding hydrogens is 351 g/mol. The van der Waals surface area contributed by atoms with Crippen LogP contribution >= 0.6 is 0 Å². The van der Waals surface area contributed by atoms with Crippen LogP contribution in [0.4, 0.5) is 9.18 Å². The van der Waals surface area contributed by atoms with E-state index in [1.54, 1.807) is 45.0 Å². The van der Waals surface area contributed by atoms with Crippen molar-refractivity contribution in [1.29, 1.82) is 0 Å². The number of amides is 3. The van der Waals surface area contributed by atoms with E-state index >= 15 is 0 Å². The maximum Gasteiger partial charge on any atom is 0.409 e. The molecule has 1 aliphatic heterocycles. The van der Waals surface area contributed by atoms with Crippen molar-refractivity contribution in [3.05, 3.63) is 71.0 Å². The second-order valence-electron chi connectivity index (χ2n) is 7.13. The number of hydrogen-bond donors (Lipinski definition) is 1. The minimum atomic E-state index is -1.13. The molecule has 3 amide bonds. The van der Waals surface area contributed by atoms with E-state index in [0.29, 0.717) is 5.56 Å². The third-order valence-electron chi connectivity index (χ3n) is 3.92. The van der Waals surface area contributed by atoms with Gasteiger partial charge in [0, 0.05) is 0 Å². The third-order valence-corrected chi connectivity index (χ3v) is 3.92. The Kier molecular flexibility index (Phi) is 4.70. The second kappa shape index (κ2) is 6.83. The molecule has 0 unspecified atom stereocenters. The fourth-order valence-corrected chi connectivity index (χ4v) is 2.80. The zero-order valence-electron chi connectivity index (χ0n) is 15.2. The van der Waals surface area contributed by atoms with Gasteiger partial charge in [-0.3, -0.25) is 14.9 Å². The average molecular weight is 370 g/mol. The molecule has 0 fully saturated rings. The zero-order valence-corrected chi connectivity index (χ0v) is 15.2. The summed E-state index contributed by atoms with van der Waals surface area (Å²) in [6, 6.07) is 11.6. The van der Waals surface area contributed by atoms with Gasteiger partial charge in [0.25, 0.3) is 11.8 Å². The van der Waals surface area contributed by atoms with Gasteiger partial charge >= 0.3 is 6.09 Å². The van der Waals surface area contributed by atoms with Crippen molar-refractivity contribution in [3.8, 4) is 0 Å². The number of fused-ring (bicyclic) bond motifs is 1. The molecule has 2 aromatic carbocycles. The van der Waals surface area contributed by atoms with Crippen LogP contribution in [0.3, 0.4) is 0 Å². The van der Waals surface area contributed by atoms with Crippen LogP contribution in [0.15, 0.2) is 48.5 Å². The van der Waals surface area contributed by atoms with Gasteiger partial charge in [0.2, 0.25) is 0 Å². The first kappa shape index (κ1) is 18.6. The second-order valence-corrected chi connectivity index (χ2v) is 7.13. The summed E-state index contributed by atoms with van der Waals surface area (Å²) in [6.45, 7) is 5.09. The molecule has 1 aliphatic rings. The molecular formula is C20H19FN2O4. The van der Waals surface area contributed by atoms with Crippen LogP contribution in [0.5, 0.6) is 0 Å². The number of benzene rings is 2. The van der Waals surface area contributed by atoms with Crippen LogP contribution in [-0.2, 0) is 4.74 Å². The van der Waals surface area contributed by atoms with Gasteiger partial charge in [-0.15, -0.1) is 0 Å². The quantitative estimate of drug-likeness (QED) is 0.837. The monoisotopic (exact) mass is 370 g/mol. The molecule has 1 N–H and O–H groups in total. The normalized spacial score (nSPS) is 14.7. The van der Waals surface area contributed by atoms with Crippen LogP contribution in [-0.4, -0.2) is 28.4 Å². The highest BCUT2D eigenvalue weighted by atomic mass is 19.1. The molecule has 2 aromatic rings. The minimum absolute atomic E-state index is 0.251. The molecule has 6 nitrogen and oxygen atoms in total. The van der Waals surface area contributed by atoms with Crippen molar-refractivity contribution in [3.63, 3.8) is 0 Å². The first-order valence-electron chi connectivity index (χ1n) is 8.39. The van der Waals surface area contributed by atoms with Crippen LogP contribution in [0.2, 0.25) is 0 Å².